The van der Waals surface area contributed by atoms with Crippen LogP contribution in [0, 0.1) is 11.8 Å². The Kier molecular flexibility index (Phi) is 6.98. The topological polar surface area (TPSA) is 46.3 Å². The first-order valence-corrected chi connectivity index (χ1v) is 8.27. The molecule has 2 aliphatic rings. The van der Waals surface area contributed by atoms with Crippen LogP contribution in [-0.4, -0.2) is 40.9 Å². The van der Waals surface area contributed by atoms with Crippen LogP contribution in [-0.2, 0) is 4.79 Å². The number of thioether (sulfide) groups is 1. The van der Waals surface area contributed by atoms with Gasteiger partial charge in [-0.3, -0.25) is 4.79 Å². The van der Waals surface area contributed by atoms with Crippen molar-refractivity contribution in [3.05, 3.63) is 0 Å². The Morgan fingerprint density at radius 3 is 2.74 bits per heavy atom. The largest absolute Gasteiger partial charge is 0.341 e. The zero-order chi connectivity index (χ0) is 13.1. The minimum Gasteiger partial charge on any atom is -0.341 e. The SMILES string of the molecule is CC(C)C1CN(C(=O)C[C@@H]2CCC[C@H]2N)CCS1.Cl. The summed E-state index contributed by atoms with van der Waals surface area (Å²) in [5.41, 5.74) is 6.06. The number of halogens is 1. The fourth-order valence-corrected chi connectivity index (χ4v) is 4.28. The summed E-state index contributed by atoms with van der Waals surface area (Å²) in [5.74, 6) is 2.51. The van der Waals surface area contributed by atoms with Crippen LogP contribution >= 0.6 is 24.2 Å². The highest BCUT2D eigenvalue weighted by Crippen LogP contribution is 2.29. The lowest BCUT2D eigenvalue weighted by atomic mass is 9.99. The Labute approximate surface area is 127 Å². The lowest BCUT2D eigenvalue weighted by Gasteiger charge is -2.35. The van der Waals surface area contributed by atoms with Gasteiger partial charge in [-0.05, 0) is 24.7 Å². The van der Waals surface area contributed by atoms with Crippen molar-refractivity contribution in [1.29, 1.82) is 0 Å². The van der Waals surface area contributed by atoms with Gasteiger partial charge in [-0.15, -0.1) is 12.4 Å². The summed E-state index contributed by atoms with van der Waals surface area (Å²) in [6.07, 6.45) is 4.12. The molecule has 2 fully saturated rings. The van der Waals surface area contributed by atoms with E-state index in [-0.39, 0.29) is 18.4 Å². The molecule has 1 unspecified atom stereocenters. The minimum absolute atomic E-state index is 0. The van der Waals surface area contributed by atoms with Gasteiger partial charge in [0.25, 0.3) is 0 Å². The average molecular weight is 307 g/mol. The summed E-state index contributed by atoms with van der Waals surface area (Å²) in [6.45, 7) is 6.36. The Hall–Kier alpha value is 0.0700. The number of amides is 1. The molecule has 0 aromatic carbocycles. The maximum absolute atomic E-state index is 12.3. The highest BCUT2D eigenvalue weighted by atomic mass is 35.5. The van der Waals surface area contributed by atoms with Crippen molar-refractivity contribution in [2.75, 3.05) is 18.8 Å². The molecule has 1 aliphatic heterocycles. The summed E-state index contributed by atoms with van der Waals surface area (Å²) in [4.78, 5) is 14.4. The van der Waals surface area contributed by atoms with E-state index < -0.39 is 0 Å². The van der Waals surface area contributed by atoms with E-state index in [2.05, 4.69) is 18.7 Å². The molecular formula is C14H27ClN2OS. The molecule has 0 radical (unpaired) electrons. The first-order chi connectivity index (χ1) is 8.58. The number of carbonyl (C=O) groups excluding carboxylic acids is 1. The monoisotopic (exact) mass is 306 g/mol. The summed E-state index contributed by atoms with van der Waals surface area (Å²) in [5, 5.41) is 0.611. The van der Waals surface area contributed by atoms with Gasteiger partial charge in [-0.1, -0.05) is 20.3 Å². The molecule has 112 valence electrons. The molecule has 0 aromatic rings. The van der Waals surface area contributed by atoms with Crippen LogP contribution in [0.4, 0.5) is 0 Å². The van der Waals surface area contributed by atoms with Gasteiger partial charge < -0.3 is 10.6 Å². The number of nitrogens with zero attached hydrogens (tertiary/aromatic N) is 1. The van der Waals surface area contributed by atoms with E-state index in [1.165, 1.54) is 6.42 Å². The van der Waals surface area contributed by atoms with E-state index >= 15 is 0 Å². The van der Waals surface area contributed by atoms with Gasteiger partial charge >= 0.3 is 0 Å². The summed E-state index contributed by atoms with van der Waals surface area (Å²) in [6, 6.07) is 0.258. The molecule has 0 spiro atoms. The van der Waals surface area contributed by atoms with Gasteiger partial charge in [0.2, 0.25) is 5.91 Å². The second kappa shape index (κ2) is 7.75. The maximum Gasteiger partial charge on any atom is 0.222 e. The van der Waals surface area contributed by atoms with Crippen molar-refractivity contribution >= 4 is 30.1 Å². The standard InChI is InChI=1S/C14H26N2OS.ClH/c1-10(2)13-9-16(6-7-18-13)14(17)8-11-4-3-5-12(11)15;/h10-13H,3-9,15H2,1-2H3;1H/t11-,12+,13?;/m0./s1. The Morgan fingerprint density at radius 2 is 2.16 bits per heavy atom. The normalized spacial score (nSPS) is 31.4. The Morgan fingerprint density at radius 1 is 1.42 bits per heavy atom. The predicted octanol–water partition coefficient (Wildman–Crippen LogP) is 2.53. The van der Waals surface area contributed by atoms with Crippen LogP contribution in [0.3, 0.4) is 0 Å². The number of rotatable bonds is 3. The minimum atomic E-state index is 0. The summed E-state index contributed by atoms with van der Waals surface area (Å²) < 4.78 is 0. The predicted molar refractivity (Wildman–Crippen MR) is 84.8 cm³/mol. The van der Waals surface area contributed by atoms with Gasteiger partial charge in [0.05, 0.1) is 0 Å². The maximum atomic E-state index is 12.3. The third-order valence-corrected chi connectivity index (χ3v) is 5.88. The third kappa shape index (κ3) is 4.54. The van der Waals surface area contributed by atoms with Crippen molar-refractivity contribution in [2.24, 2.45) is 17.6 Å². The summed E-state index contributed by atoms with van der Waals surface area (Å²) >= 11 is 2.02. The first kappa shape index (κ1) is 17.1. The lowest BCUT2D eigenvalue weighted by molar-refractivity contribution is -0.132. The van der Waals surface area contributed by atoms with Gasteiger partial charge in [0.1, 0.15) is 0 Å². The van der Waals surface area contributed by atoms with Crippen LogP contribution in [0.15, 0.2) is 0 Å². The molecule has 2 N–H and O–H groups in total. The highest BCUT2D eigenvalue weighted by Gasteiger charge is 2.30. The second-order valence-electron chi connectivity index (χ2n) is 6.05. The van der Waals surface area contributed by atoms with E-state index in [9.17, 15) is 4.79 Å². The van der Waals surface area contributed by atoms with Crippen LogP contribution in [0.5, 0.6) is 0 Å². The van der Waals surface area contributed by atoms with Crippen molar-refractivity contribution < 1.29 is 4.79 Å². The van der Waals surface area contributed by atoms with Crippen LogP contribution in [0.1, 0.15) is 39.5 Å². The fraction of sp³-hybridized carbons (Fsp3) is 0.929. The third-order valence-electron chi connectivity index (χ3n) is 4.34. The van der Waals surface area contributed by atoms with Crippen molar-refractivity contribution in [3.8, 4) is 0 Å². The van der Waals surface area contributed by atoms with Gasteiger partial charge in [-0.2, -0.15) is 11.8 Å². The van der Waals surface area contributed by atoms with E-state index in [4.69, 9.17) is 5.73 Å². The molecule has 19 heavy (non-hydrogen) atoms. The Bertz CT molecular complexity index is 301. The zero-order valence-corrected chi connectivity index (χ0v) is 13.6. The average Bonchev–Trinajstić information content (AvgIpc) is 2.75. The number of hydrogen-bond acceptors (Lipinski definition) is 3. The van der Waals surface area contributed by atoms with Crippen molar-refractivity contribution in [3.63, 3.8) is 0 Å². The quantitative estimate of drug-likeness (QED) is 0.871. The molecular weight excluding hydrogens is 280 g/mol. The lowest BCUT2D eigenvalue weighted by Crippen LogP contribution is -2.44. The van der Waals surface area contributed by atoms with E-state index in [0.29, 0.717) is 29.4 Å². The molecule has 3 atom stereocenters. The van der Waals surface area contributed by atoms with Crippen molar-refractivity contribution in [1.82, 2.24) is 4.90 Å². The molecule has 1 saturated heterocycles. The molecule has 1 heterocycles. The molecule has 1 amide bonds. The van der Waals surface area contributed by atoms with E-state index in [0.717, 1.165) is 31.7 Å². The number of hydrogen-bond donors (Lipinski definition) is 1. The molecule has 0 aromatic heterocycles. The number of carbonyl (C=O) groups is 1. The smallest absolute Gasteiger partial charge is 0.222 e. The van der Waals surface area contributed by atoms with Gasteiger partial charge in [0.15, 0.2) is 0 Å². The first-order valence-electron chi connectivity index (χ1n) is 7.23. The molecule has 1 aliphatic carbocycles. The van der Waals surface area contributed by atoms with Gasteiger partial charge in [-0.25, -0.2) is 0 Å². The van der Waals surface area contributed by atoms with Crippen LogP contribution in [0.25, 0.3) is 0 Å². The molecule has 2 rings (SSSR count). The fourth-order valence-electron chi connectivity index (χ4n) is 2.98. The van der Waals surface area contributed by atoms with E-state index in [1.807, 2.05) is 11.8 Å². The molecule has 3 nitrogen and oxygen atoms in total. The zero-order valence-electron chi connectivity index (χ0n) is 12.0. The van der Waals surface area contributed by atoms with E-state index in [1.54, 1.807) is 0 Å². The molecule has 5 heteroatoms. The number of nitrogens with two attached hydrogens (primary N) is 1. The van der Waals surface area contributed by atoms with Crippen molar-refractivity contribution in [2.45, 2.75) is 50.8 Å². The highest BCUT2D eigenvalue weighted by molar-refractivity contribution is 8.00. The van der Waals surface area contributed by atoms with Crippen LogP contribution < -0.4 is 5.73 Å². The Balaban J connectivity index is 0.00000180. The molecule has 1 saturated carbocycles. The molecule has 0 bridgehead atoms. The summed E-state index contributed by atoms with van der Waals surface area (Å²) in [7, 11) is 0. The van der Waals surface area contributed by atoms with Gasteiger partial charge in [0, 0.05) is 36.6 Å². The second-order valence-corrected chi connectivity index (χ2v) is 7.40. The van der Waals surface area contributed by atoms with Crippen LogP contribution in [0.2, 0.25) is 0 Å².